The van der Waals surface area contributed by atoms with Crippen LogP contribution in [0.25, 0.3) is 0 Å². The monoisotopic (exact) mass is 336 g/mol. The van der Waals surface area contributed by atoms with E-state index >= 15 is 0 Å². The van der Waals surface area contributed by atoms with E-state index in [1.54, 1.807) is 13.0 Å². The minimum atomic E-state index is -0.503. The van der Waals surface area contributed by atoms with E-state index in [1.807, 2.05) is 21.7 Å². The van der Waals surface area contributed by atoms with Crippen LogP contribution in [0.3, 0.4) is 0 Å². The molecule has 24 heavy (non-hydrogen) atoms. The average molecular weight is 336 g/mol. The molecule has 132 valence electrons. The molecule has 1 aromatic heterocycles. The molecule has 1 atom stereocenters. The number of ether oxygens (including phenoxy) is 1. The molecular weight excluding hydrogens is 312 g/mol. The summed E-state index contributed by atoms with van der Waals surface area (Å²) in [5, 5.41) is 4.67. The number of aromatic nitrogens is 1. The number of methoxy groups -OCH3 is 1. The van der Waals surface area contributed by atoms with E-state index in [-0.39, 0.29) is 24.0 Å². The molecule has 0 aliphatic carbocycles. The molecule has 0 unspecified atom stereocenters. The van der Waals surface area contributed by atoms with Gasteiger partial charge in [-0.15, -0.1) is 0 Å². The quantitative estimate of drug-likeness (QED) is 0.792. The van der Waals surface area contributed by atoms with Crippen molar-refractivity contribution < 1.29 is 19.1 Å². The fourth-order valence-electron chi connectivity index (χ4n) is 2.99. The van der Waals surface area contributed by atoms with Crippen molar-refractivity contribution in [3.63, 3.8) is 0 Å². The van der Waals surface area contributed by atoms with Crippen LogP contribution >= 0.6 is 0 Å². The highest BCUT2D eigenvalue weighted by Crippen LogP contribution is 2.25. The molecule has 1 aliphatic heterocycles. The topological polar surface area (TPSA) is 92.7 Å². The molecule has 1 fully saturated rings. The van der Waals surface area contributed by atoms with Crippen LogP contribution in [0, 0.1) is 0 Å². The molecule has 1 saturated heterocycles. The third kappa shape index (κ3) is 3.94. The summed E-state index contributed by atoms with van der Waals surface area (Å²) in [5.74, 6) is -0.662. The number of piperidine rings is 1. The Morgan fingerprint density at radius 2 is 1.96 bits per heavy atom. The van der Waals surface area contributed by atoms with Gasteiger partial charge in [-0.2, -0.15) is 0 Å². The van der Waals surface area contributed by atoms with Gasteiger partial charge in [-0.05, 0) is 31.9 Å². The second-order valence-electron chi connectivity index (χ2n) is 5.80. The zero-order valence-corrected chi connectivity index (χ0v) is 14.2. The molecular formula is C16H24N4O4. The standard InChI is InChI=1S/C16H24N4O4/c1-11(14(21)18-16(23)17-2)19-9-6-12(7-10-19)20-8-4-5-13(20)15(22)24-3/h4-5,8,11-12H,6-7,9-10H2,1-3H3,(H2,17,18,21,23)/t11-/m1/s1. The maximum atomic E-state index is 12.0. The molecule has 0 aromatic carbocycles. The van der Waals surface area contributed by atoms with Crippen molar-refractivity contribution in [2.45, 2.75) is 31.8 Å². The van der Waals surface area contributed by atoms with Gasteiger partial charge in [-0.3, -0.25) is 15.0 Å². The van der Waals surface area contributed by atoms with Crippen LogP contribution < -0.4 is 10.6 Å². The van der Waals surface area contributed by atoms with E-state index < -0.39 is 6.03 Å². The molecule has 1 aromatic rings. The maximum Gasteiger partial charge on any atom is 0.354 e. The Hall–Kier alpha value is -2.35. The Morgan fingerprint density at radius 3 is 2.54 bits per heavy atom. The first kappa shape index (κ1) is 18.0. The summed E-state index contributed by atoms with van der Waals surface area (Å²) < 4.78 is 6.75. The predicted molar refractivity (Wildman–Crippen MR) is 87.7 cm³/mol. The van der Waals surface area contributed by atoms with Crippen molar-refractivity contribution in [1.82, 2.24) is 20.1 Å². The smallest absolute Gasteiger partial charge is 0.354 e. The van der Waals surface area contributed by atoms with Crippen LogP contribution in [-0.2, 0) is 9.53 Å². The molecule has 8 nitrogen and oxygen atoms in total. The molecule has 0 radical (unpaired) electrons. The number of urea groups is 1. The Balaban J connectivity index is 1.94. The van der Waals surface area contributed by atoms with E-state index in [9.17, 15) is 14.4 Å². The zero-order valence-electron chi connectivity index (χ0n) is 14.2. The molecule has 3 amide bonds. The number of nitrogens with one attached hydrogen (secondary N) is 2. The molecule has 0 bridgehead atoms. The lowest BCUT2D eigenvalue weighted by atomic mass is 10.0. The van der Waals surface area contributed by atoms with Crippen molar-refractivity contribution in [2.75, 3.05) is 27.2 Å². The lowest BCUT2D eigenvalue weighted by molar-refractivity contribution is -0.125. The van der Waals surface area contributed by atoms with Gasteiger partial charge in [0.1, 0.15) is 5.69 Å². The maximum absolute atomic E-state index is 12.0. The van der Waals surface area contributed by atoms with Crippen LogP contribution in [0.5, 0.6) is 0 Å². The summed E-state index contributed by atoms with van der Waals surface area (Å²) in [7, 11) is 2.84. The van der Waals surface area contributed by atoms with Gasteiger partial charge in [-0.25, -0.2) is 9.59 Å². The van der Waals surface area contributed by atoms with Crippen LogP contribution in [0.4, 0.5) is 4.79 Å². The van der Waals surface area contributed by atoms with Gasteiger partial charge in [0.05, 0.1) is 13.2 Å². The Bertz CT molecular complexity index is 605. The SMILES string of the molecule is CNC(=O)NC(=O)[C@@H](C)N1CCC(n2cccc2C(=O)OC)CC1. The molecule has 2 N–H and O–H groups in total. The lowest BCUT2D eigenvalue weighted by Crippen LogP contribution is -2.51. The number of hydrogen-bond donors (Lipinski definition) is 2. The fourth-order valence-corrected chi connectivity index (χ4v) is 2.99. The van der Waals surface area contributed by atoms with Crippen molar-refractivity contribution in [2.24, 2.45) is 0 Å². The molecule has 8 heteroatoms. The first-order valence-corrected chi connectivity index (χ1v) is 7.99. The molecule has 2 rings (SSSR count). The van der Waals surface area contributed by atoms with Crippen LogP contribution in [0.1, 0.15) is 36.3 Å². The number of esters is 1. The summed E-state index contributed by atoms with van der Waals surface area (Å²) in [5.41, 5.74) is 0.543. The summed E-state index contributed by atoms with van der Waals surface area (Å²) >= 11 is 0. The molecule has 0 saturated carbocycles. The highest BCUT2D eigenvalue weighted by molar-refractivity contribution is 5.96. The van der Waals surface area contributed by atoms with Gasteiger partial charge in [0.25, 0.3) is 0 Å². The fraction of sp³-hybridized carbons (Fsp3) is 0.562. The number of imide groups is 1. The highest BCUT2D eigenvalue weighted by Gasteiger charge is 2.29. The van der Waals surface area contributed by atoms with Crippen molar-refractivity contribution in [3.8, 4) is 0 Å². The second-order valence-corrected chi connectivity index (χ2v) is 5.80. The number of amides is 3. The normalized spacial score (nSPS) is 17.1. The van der Waals surface area contributed by atoms with E-state index in [0.717, 1.165) is 12.8 Å². The first-order valence-electron chi connectivity index (χ1n) is 7.99. The Kier molecular flexibility index (Phi) is 5.97. The van der Waals surface area contributed by atoms with Crippen LogP contribution in [0.15, 0.2) is 18.3 Å². The predicted octanol–water partition coefficient (Wildman–Crippen LogP) is 0.756. The first-order chi connectivity index (χ1) is 11.5. The van der Waals surface area contributed by atoms with Crippen molar-refractivity contribution in [3.05, 3.63) is 24.0 Å². The number of nitrogens with zero attached hydrogens (tertiary/aromatic N) is 2. The highest BCUT2D eigenvalue weighted by atomic mass is 16.5. The summed E-state index contributed by atoms with van der Waals surface area (Å²) in [6, 6.07) is 2.89. The molecule has 1 aliphatic rings. The average Bonchev–Trinajstić information content (AvgIpc) is 3.10. The third-order valence-electron chi connectivity index (χ3n) is 4.46. The minimum absolute atomic E-state index is 0.194. The van der Waals surface area contributed by atoms with Gasteiger partial charge in [0.2, 0.25) is 5.91 Å². The third-order valence-corrected chi connectivity index (χ3v) is 4.46. The van der Waals surface area contributed by atoms with Gasteiger partial charge < -0.3 is 14.6 Å². The lowest BCUT2D eigenvalue weighted by Gasteiger charge is -2.36. The zero-order chi connectivity index (χ0) is 17.7. The van der Waals surface area contributed by atoms with Crippen LogP contribution in [-0.4, -0.2) is 60.7 Å². The minimum Gasteiger partial charge on any atom is -0.464 e. The summed E-state index contributed by atoms with van der Waals surface area (Å²) in [4.78, 5) is 37.1. The number of likely N-dealkylation sites (tertiary alicyclic amines) is 1. The van der Waals surface area contributed by atoms with E-state index in [0.29, 0.717) is 18.8 Å². The number of rotatable bonds is 4. The van der Waals surface area contributed by atoms with E-state index in [2.05, 4.69) is 10.6 Å². The second kappa shape index (κ2) is 7.96. The van der Waals surface area contributed by atoms with Gasteiger partial charge in [0, 0.05) is 32.4 Å². The summed E-state index contributed by atoms with van der Waals surface area (Å²) in [6.45, 7) is 3.21. The molecule has 0 spiro atoms. The van der Waals surface area contributed by atoms with Crippen molar-refractivity contribution >= 4 is 17.9 Å². The van der Waals surface area contributed by atoms with Gasteiger partial charge in [-0.1, -0.05) is 0 Å². The van der Waals surface area contributed by atoms with E-state index in [4.69, 9.17) is 4.74 Å². The Labute approximate surface area is 141 Å². The van der Waals surface area contributed by atoms with Gasteiger partial charge >= 0.3 is 12.0 Å². The largest absolute Gasteiger partial charge is 0.464 e. The van der Waals surface area contributed by atoms with Crippen LogP contribution in [0.2, 0.25) is 0 Å². The Morgan fingerprint density at radius 1 is 1.29 bits per heavy atom. The van der Waals surface area contributed by atoms with Crippen molar-refractivity contribution in [1.29, 1.82) is 0 Å². The van der Waals surface area contributed by atoms with Gasteiger partial charge in [0.15, 0.2) is 0 Å². The number of carbonyl (C=O) groups excluding carboxylic acids is 3. The number of hydrogen-bond acceptors (Lipinski definition) is 5. The summed E-state index contributed by atoms with van der Waals surface area (Å²) in [6.07, 6.45) is 3.51. The number of carbonyl (C=O) groups is 3. The molecule has 2 heterocycles. The van der Waals surface area contributed by atoms with E-state index in [1.165, 1.54) is 14.2 Å².